The first-order valence-electron chi connectivity index (χ1n) is 7.73. The normalized spacial score (nSPS) is 13.3. The van der Waals surface area contributed by atoms with Gasteiger partial charge in [-0.25, -0.2) is 0 Å². The highest BCUT2D eigenvalue weighted by Crippen LogP contribution is 2.34. The smallest absolute Gasteiger partial charge is 0.212 e. The molecule has 126 valence electrons. The second-order valence-corrected chi connectivity index (χ2v) is 7.04. The summed E-state index contributed by atoms with van der Waals surface area (Å²) < 4.78 is 7.22. The molecule has 0 aliphatic carbocycles. The Balaban J connectivity index is 1.81. The quantitative estimate of drug-likeness (QED) is 0.690. The van der Waals surface area contributed by atoms with Gasteiger partial charge in [-0.2, -0.15) is 9.78 Å². The third kappa shape index (κ3) is 3.03. The largest absolute Gasteiger partial charge is 0.496 e. The van der Waals surface area contributed by atoms with Crippen molar-refractivity contribution in [2.24, 2.45) is 5.10 Å². The average molecular weight is 371 g/mol. The lowest BCUT2D eigenvalue weighted by molar-refractivity contribution is 0.416. The summed E-state index contributed by atoms with van der Waals surface area (Å²) in [6, 6.07) is 13.8. The Bertz CT molecular complexity index is 966. The zero-order valence-corrected chi connectivity index (χ0v) is 15.3. The average Bonchev–Trinajstić information content (AvgIpc) is 3.05. The number of nitrogens with zero attached hydrogens (tertiary/aromatic N) is 4. The van der Waals surface area contributed by atoms with Crippen molar-refractivity contribution in [2.45, 2.75) is 12.1 Å². The second-order valence-electron chi connectivity index (χ2n) is 5.66. The molecule has 0 unspecified atom stereocenters. The van der Waals surface area contributed by atoms with Crippen LogP contribution in [0.4, 0.5) is 0 Å². The van der Waals surface area contributed by atoms with Crippen molar-refractivity contribution < 1.29 is 4.74 Å². The maximum absolute atomic E-state index is 6.06. The Hall–Kier alpha value is -2.31. The van der Waals surface area contributed by atoms with Gasteiger partial charge in [-0.05, 0) is 30.7 Å². The highest BCUT2D eigenvalue weighted by Gasteiger charge is 2.22. The van der Waals surface area contributed by atoms with Gasteiger partial charge in [0.25, 0.3) is 0 Å². The highest BCUT2D eigenvalue weighted by molar-refractivity contribution is 7.99. The molecular formula is C18H15ClN4OS. The molecule has 0 radical (unpaired) electrons. The van der Waals surface area contributed by atoms with Gasteiger partial charge in [-0.1, -0.05) is 53.2 Å². The van der Waals surface area contributed by atoms with E-state index in [9.17, 15) is 0 Å². The van der Waals surface area contributed by atoms with Crippen LogP contribution in [0.25, 0.3) is 11.4 Å². The Labute approximate surface area is 154 Å². The molecule has 0 atom stereocenters. The summed E-state index contributed by atoms with van der Waals surface area (Å²) in [6.07, 6.45) is 0. The number of hydrogen-bond acceptors (Lipinski definition) is 5. The van der Waals surface area contributed by atoms with Crippen molar-refractivity contribution in [3.05, 3.63) is 58.6 Å². The number of rotatable bonds is 3. The molecule has 7 heteroatoms. The molecule has 4 rings (SSSR count). The van der Waals surface area contributed by atoms with Gasteiger partial charge < -0.3 is 4.74 Å². The van der Waals surface area contributed by atoms with E-state index in [0.29, 0.717) is 16.6 Å². The van der Waals surface area contributed by atoms with Crippen LogP contribution in [0.15, 0.2) is 52.7 Å². The molecule has 0 bridgehead atoms. The lowest BCUT2D eigenvalue weighted by Crippen LogP contribution is -2.13. The van der Waals surface area contributed by atoms with E-state index >= 15 is 0 Å². The maximum atomic E-state index is 6.06. The molecule has 1 aliphatic rings. The first-order valence-corrected chi connectivity index (χ1v) is 9.09. The molecule has 2 aromatic carbocycles. The van der Waals surface area contributed by atoms with Gasteiger partial charge in [0, 0.05) is 10.8 Å². The predicted octanol–water partition coefficient (Wildman–Crippen LogP) is 4.27. The van der Waals surface area contributed by atoms with Gasteiger partial charge in [-0.3, -0.25) is 0 Å². The molecule has 1 aromatic heterocycles. The molecule has 25 heavy (non-hydrogen) atoms. The maximum Gasteiger partial charge on any atom is 0.212 e. The summed E-state index contributed by atoms with van der Waals surface area (Å²) in [4.78, 5) is 0. The molecule has 0 fully saturated rings. The van der Waals surface area contributed by atoms with E-state index in [-0.39, 0.29) is 0 Å². The third-order valence-electron chi connectivity index (χ3n) is 3.96. The Kier molecular flexibility index (Phi) is 4.23. The molecule has 0 saturated heterocycles. The predicted molar refractivity (Wildman–Crippen MR) is 101 cm³/mol. The minimum Gasteiger partial charge on any atom is -0.496 e. The zero-order valence-electron chi connectivity index (χ0n) is 13.7. The van der Waals surface area contributed by atoms with Crippen molar-refractivity contribution in [1.29, 1.82) is 0 Å². The van der Waals surface area contributed by atoms with Crippen LogP contribution in [0.3, 0.4) is 0 Å². The lowest BCUT2D eigenvalue weighted by atomic mass is 10.1. The summed E-state index contributed by atoms with van der Waals surface area (Å²) in [7, 11) is 1.61. The van der Waals surface area contributed by atoms with Gasteiger partial charge in [0.15, 0.2) is 5.82 Å². The van der Waals surface area contributed by atoms with Crippen molar-refractivity contribution in [1.82, 2.24) is 14.9 Å². The number of fused-ring (bicyclic) bond motifs is 1. The summed E-state index contributed by atoms with van der Waals surface area (Å²) in [5.41, 5.74) is 4.13. The SMILES string of the molecule is COc1cc(Cl)ccc1-c1nnc2n1N=C(c1ccc(C)cc1)CS2. The standard InChI is InChI=1S/C18H15ClN4OS/c1-11-3-5-12(6-4-11)15-10-25-18-21-20-17(23(18)22-15)14-8-7-13(19)9-16(14)24-2/h3-9H,10H2,1-2H3. The van der Waals surface area contributed by atoms with E-state index in [2.05, 4.69) is 41.4 Å². The molecular weight excluding hydrogens is 356 g/mol. The van der Waals surface area contributed by atoms with Crippen LogP contribution in [-0.2, 0) is 0 Å². The molecule has 0 spiro atoms. The molecule has 3 aromatic rings. The first kappa shape index (κ1) is 16.2. The Morgan fingerprint density at radius 2 is 1.92 bits per heavy atom. The van der Waals surface area contributed by atoms with Crippen LogP contribution in [0.1, 0.15) is 11.1 Å². The molecule has 0 N–H and O–H groups in total. The molecule has 2 heterocycles. The second kappa shape index (κ2) is 6.54. The van der Waals surface area contributed by atoms with Crippen LogP contribution in [0, 0.1) is 6.92 Å². The van der Waals surface area contributed by atoms with E-state index in [4.69, 9.17) is 21.4 Å². The van der Waals surface area contributed by atoms with Gasteiger partial charge in [0.2, 0.25) is 5.16 Å². The van der Waals surface area contributed by atoms with Crippen LogP contribution in [0.5, 0.6) is 5.75 Å². The van der Waals surface area contributed by atoms with Gasteiger partial charge >= 0.3 is 0 Å². The van der Waals surface area contributed by atoms with Crippen molar-refractivity contribution in [2.75, 3.05) is 12.9 Å². The van der Waals surface area contributed by atoms with Gasteiger partial charge in [0.05, 0.1) is 18.4 Å². The first-order chi connectivity index (χ1) is 12.2. The zero-order chi connectivity index (χ0) is 17.4. The monoisotopic (exact) mass is 370 g/mol. The minimum absolute atomic E-state index is 0.609. The van der Waals surface area contributed by atoms with Crippen molar-refractivity contribution in [3.63, 3.8) is 0 Å². The highest BCUT2D eigenvalue weighted by atomic mass is 35.5. The Morgan fingerprint density at radius 3 is 2.68 bits per heavy atom. The molecule has 0 amide bonds. The number of aryl methyl sites for hydroxylation is 1. The van der Waals surface area contributed by atoms with Crippen molar-refractivity contribution in [3.8, 4) is 17.1 Å². The molecule has 0 saturated carbocycles. The molecule has 1 aliphatic heterocycles. The van der Waals surface area contributed by atoms with Crippen LogP contribution in [-0.4, -0.2) is 33.4 Å². The number of methoxy groups -OCH3 is 1. The van der Waals surface area contributed by atoms with E-state index in [1.54, 1.807) is 29.6 Å². The lowest BCUT2D eigenvalue weighted by Gasteiger charge is -2.15. The Morgan fingerprint density at radius 1 is 1.12 bits per heavy atom. The fraction of sp³-hybridized carbons (Fsp3) is 0.167. The third-order valence-corrected chi connectivity index (χ3v) is 5.13. The summed E-state index contributed by atoms with van der Waals surface area (Å²) in [5, 5.41) is 14.7. The minimum atomic E-state index is 0.609. The van der Waals surface area contributed by atoms with Crippen LogP contribution >= 0.6 is 23.4 Å². The van der Waals surface area contributed by atoms with E-state index in [0.717, 1.165) is 27.7 Å². The fourth-order valence-electron chi connectivity index (χ4n) is 2.63. The van der Waals surface area contributed by atoms with E-state index < -0.39 is 0 Å². The topological polar surface area (TPSA) is 52.3 Å². The van der Waals surface area contributed by atoms with Gasteiger partial charge in [0.1, 0.15) is 5.75 Å². The van der Waals surface area contributed by atoms with Crippen LogP contribution in [0.2, 0.25) is 5.02 Å². The number of ether oxygens (including phenoxy) is 1. The number of thioether (sulfide) groups is 1. The number of aromatic nitrogens is 3. The van der Waals surface area contributed by atoms with Crippen LogP contribution < -0.4 is 4.74 Å². The number of halogens is 1. The summed E-state index contributed by atoms with van der Waals surface area (Å²) in [5.74, 6) is 2.05. The summed E-state index contributed by atoms with van der Waals surface area (Å²) in [6.45, 7) is 2.07. The fourth-order valence-corrected chi connectivity index (χ4v) is 3.63. The van der Waals surface area contributed by atoms with Gasteiger partial charge in [-0.15, -0.1) is 10.2 Å². The van der Waals surface area contributed by atoms with Crippen molar-refractivity contribution >= 4 is 29.1 Å². The van der Waals surface area contributed by atoms with E-state index in [1.807, 2.05) is 12.1 Å². The number of hydrogen-bond donors (Lipinski definition) is 0. The van der Waals surface area contributed by atoms with E-state index in [1.165, 1.54) is 5.56 Å². The number of benzene rings is 2. The summed E-state index contributed by atoms with van der Waals surface area (Å²) >= 11 is 7.68. The molecule has 5 nitrogen and oxygen atoms in total.